The van der Waals surface area contributed by atoms with Crippen LogP contribution in [0.2, 0.25) is 0 Å². The van der Waals surface area contributed by atoms with Crippen molar-refractivity contribution in [3.63, 3.8) is 0 Å². The first kappa shape index (κ1) is 16.1. The zero-order valence-corrected chi connectivity index (χ0v) is 14.0. The maximum atomic E-state index is 12.3. The van der Waals surface area contributed by atoms with Crippen molar-refractivity contribution in [3.8, 4) is 5.75 Å². The van der Waals surface area contributed by atoms with Gasteiger partial charge in [0.1, 0.15) is 12.4 Å². The van der Waals surface area contributed by atoms with Crippen LogP contribution in [-0.4, -0.2) is 48.9 Å². The summed E-state index contributed by atoms with van der Waals surface area (Å²) in [5.41, 5.74) is 1.29. The molecule has 2 aliphatic heterocycles. The summed E-state index contributed by atoms with van der Waals surface area (Å²) >= 11 is 0. The average Bonchev–Trinajstić information content (AvgIpc) is 2.53. The van der Waals surface area contributed by atoms with E-state index in [0.29, 0.717) is 6.61 Å². The Hall–Kier alpha value is -1.75. The molecule has 1 atom stereocenters. The van der Waals surface area contributed by atoms with E-state index in [9.17, 15) is 4.79 Å². The number of urea groups is 1. The van der Waals surface area contributed by atoms with Crippen molar-refractivity contribution < 1.29 is 14.3 Å². The van der Waals surface area contributed by atoms with Crippen LogP contribution >= 0.6 is 0 Å². The van der Waals surface area contributed by atoms with Gasteiger partial charge >= 0.3 is 6.03 Å². The predicted molar refractivity (Wildman–Crippen MR) is 88.8 cm³/mol. The van der Waals surface area contributed by atoms with E-state index in [-0.39, 0.29) is 17.7 Å². The quantitative estimate of drug-likeness (QED) is 0.928. The molecule has 5 heteroatoms. The topological polar surface area (TPSA) is 50.8 Å². The van der Waals surface area contributed by atoms with E-state index in [1.807, 2.05) is 43.0 Å². The van der Waals surface area contributed by atoms with Crippen LogP contribution < -0.4 is 10.1 Å². The molecule has 2 amide bonds. The van der Waals surface area contributed by atoms with Crippen LogP contribution in [0.4, 0.5) is 4.79 Å². The average molecular weight is 318 g/mol. The second-order valence-electron chi connectivity index (χ2n) is 6.74. The first-order valence-electron chi connectivity index (χ1n) is 8.45. The second-order valence-corrected chi connectivity index (χ2v) is 6.74. The normalized spacial score (nSPS) is 20.7. The molecule has 0 bridgehead atoms. The van der Waals surface area contributed by atoms with Crippen molar-refractivity contribution in [1.29, 1.82) is 0 Å². The minimum Gasteiger partial charge on any atom is -0.491 e. The van der Waals surface area contributed by atoms with Gasteiger partial charge in [0.05, 0.1) is 18.2 Å². The highest BCUT2D eigenvalue weighted by Crippen LogP contribution is 2.36. The number of ether oxygens (including phenoxy) is 2. The van der Waals surface area contributed by atoms with Gasteiger partial charge in [0.15, 0.2) is 0 Å². The van der Waals surface area contributed by atoms with Gasteiger partial charge in [-0.25, -0.2) is 4.79 Å². The number of nitrogens with zero attached hydrogens (tertiary/aromatic N) is 1. The molecule has 0 aromatic heterocycles. The van der Waals surface area contributed by atoms with E-state index in [4.69, 9.17) is 9.47 Å². The van der Waals surface area contributed by atoms with Gasteiger partial charge in [0.2, 0.25) is 0 Å². The van der Waals surface area contributed by atoms with Gasteiger partial charge in [0, 0.05) is 13.1 Å². The van der Waals surface area contributed by atoms with Gasteiger partial charge < -0.3 is 19.7 Å². The van der Waals surface area contributed by atoms with Crippen LogP contribution in [0.25, 0.3) is 0 Å². The number of hydrogen-bond acceptors (Lipinski definition) is 3. The van der Waals surface area contributed by atoms with Crippen LogP contribution in [0, 0.1) is 6.92 Å². The molecule has 2 saturated heterocycles. The minimum atomic E-state index is -0.0281. The highest BCUT2D eigenvalue weighted by molar-refractivity contribution is 5.74. The third kappa shape index (κ3) is 3.96. The van der Waals surface area contributed by atoms with E-state index < -0.39 is 0 Å². The lowest BCUT2D eigenvalue weighted by atomic mass is 9.84. The SMILES string of the molecule is Cc1ccc(OC[C@@H](C)NC(=O)N2CCC3(CCO3)CC2)cc1. The van der Waals surface area contributed by atoms with Crippen molar-refractivity contribution in [2.45, 2.75) is 44.8 Å². The van der Waals surface area contributed by atoms with E-state index in [1.165, 1.54) is 5.56 Å². The minimum absolute atomic E-state index is 0.000760. The zero-order chi connectivity index (χ0) is 16.3. The van der Waals surface area contributed by atoms with Crippen molar-refractivity contribution in [2.24, 2.45) is 0 Å². The Balaban J connectivity index is 1.39. The Bertz CT molecular complexity index is 530. The maximum absolute atomic E-state index is 12.3. The lowest BCUT2D eigenvalue weighted by molar-refractivity contribution is -0.169. The van der Waals surface area contributed by atoms with E-state index in [2.05, 4.69) is 5.32 Å². The van der Waals surface area contributed by atoms with Crippen molar-refractivity contribution >= 4 is 6.03 Å². The summed E-state index contributed by atoms with van der Waals surface area (Å²) in [6, 6.07) is 7.91. The number of carbonyl (C=O) groups excluding carboxylic acids is 1. The third-order valence-corrected chi connectivity index (χ3v) is 4.82. The molecule has 1 N–H and O–H groups in total. The van der Waals surface area contributed by atoms with Gasteiger partial charge in [-0.1, -0.05) is 17.7 Å². The Morgan fingerprint density at radius 1 is 1.30 bits per heavy atom. The first-order valence-corrected chi connectivity index (χ1v) is 8.45. The van der Waals surface area contributed by atoms with Crippen molar-refractivity contribution in [2.75, 3.05) is 26.3 Å². The van der Waals surface area contributed by atoms with Crippen LogP contribution in [0.15, 0.2) is 24.3 Å². The number of hydrogen-bond donors (Lipinski definition) is 1. The molecule has 2 heterocycles. The molecule has 1 aromatic carbocycles. The molecule has 3 rings (SSSR count). The second kappa shape index (κ2) is 6.79. The molecule has 1 aromatic rings. The van der Waals surface area contributed by atoms with Gasteiger partial charge in [-0.05, 0) is 45.2 Å². The van der Waals surface area contributed by atoms with E-state index >= 15 is 0 Å². The van der Waals surface area contributed by atoms with E-state index in [0.717, 1.165) is 44.7 Å². The van der Waals surface area contributed by atoms with Crippen LogP contribution in [-0.2, 0) is 4.74 Å². The number of rotatable bonds is 4. The van der Waals surface area contributed by atoms with Crippen LogP contribution in [0.3, 0.4) is 0 Å². The fourth-order valence-corrected chi connectivity index (χ4v) is 3.10. The van der Waals surface area contributed by atoms with Crippen molar-refractivity contribution in [1.82, 2.24) is 10.2 Å². The summed E-state index contributed by atoms with van der Waals surface area (Å²) in [7, 11) is 0. The summed E-state index contributed by atoms with van der Waals surface area (Å²) < 4.78 is 11.4. The number of nitrogens with one attached hydrogen (secondary N) is 1. The van der Waals surface area contributed by atoms with Crippen LogP contribution in [0.5, 0.6) is 5.75 Å². The molecule has 2 fully saturated rings. The Kier molecular flexibility index (Phi) is 4.76. The number of carbonyl (C=O) groups is 1. The number of amides is 2. The van der Waals surface area contributed by atoms with Gasteiger partial charge in [-0.15, -0.1) is 0 Å². The molecule has 23 heavy (non-hydrogen) atoms. The largest absolute Gasteiger partial charge is 0.491 e. The van der Waals surface area contributed by atoms with E-state index in [1.54, 1.807) is 0 Å². The van der Waals surface area contributed by atoms with Crippen LogP contribution in [0.1, 0.15) is 31.7 Å². The van der Waals surface area contributed by atoms with Gasteiger partial charge in [0.25, 0.3) is 0 Å². The van der Waals surface area contributed by atoms with Gasteiger partial charge in [-0.2, -0.15) is 0 Å². The molecular weight excluding hydrogens is 292 g/mol. The van der Waals surface area contributed by atoms with Gasteiger partial charge in [-0.3, -0.25) is 0 Å². The molecule has 0 saturated carbocycles. The Labute approximate surface area is 137 Å². The molecule has 126 valence electrons. The summed E-state index contributed by atoms with van der Waals surface area (Å²) in [5.74, 6) is 0.832. The fourth-order valence-electron chi connectivity index (χ4n) is 3.10. The standard InChI is InChI=1S/C18H26N2O3/c1-14-3-5-16(6-4-14)22-13-15(2)19-17(21)20-10-7-18(8-11-20)9-12-23-18/h3-6,15H,7-13H2,1-2H3,(H,19,21)/t15-/m1/s1. The molecule has 1 spiro atoms. The Morgan fingerprint density at radius 3 is 2.52 bits per heavy atom. The maximum Gasteiger partial charge on any atom is 0.317 e. The molecule has 2 aliphatic rings. The molecule has 5 nitrogen and oxygen atoms in total. The smallest absolute Gasteiger partial charge is 0.317 e. The highest BCUT2D eigenvalue weighted by atomic mass is 16.5. The first-order chi connectivity index (χ1) is 11.1. The zero-order valence-electron chi connectivity index (χ0n) is 14.0. The number of likely N-dealkylation sites (tertiary alicyclic amines) is 1. The monoisotopic (exact) mass is 318 g/mol. The molecule has 0 radical (unpaired) electrons. The molecular formula is C18H26N2O3. The number of aryl methyl sites for hydroxylation is 1. The van der Waals surface area contributed by atoms with Crippen molar-refractivity contribution in [3.05, 3.63) is 29.8 Å². The lowest BCUT2D eigenvalue weighted by Crippen LogP contribution is -2.56. The summed E-state index contributed by atoms with van der Waals surface area (Å²) in [4.78, 5) is 14.2. The summed E-state index contributed by atoms with van der Waals surface area (Å²) in [6.45, 7) is 6.90. The predicted octanol–water partition coefficient (Wildman–Crippen LogP) is 2.73. The molecule has 0 aliphatic carbocycles. The lowest BCUT2D eigenvalue weighted by Gasteiger charge is -2.47. The number of benzene rings is 1. The fraction of sp³-hybridized carbons (Fsp3) is 0.611. The molecule has 0 unspecified atom stereocenters. The highest BCUT2D eigenvalue weighted by Gasteiger charge is 2.41. The summed E-state index contributed by atoms with van der Waals surface area (Å²) in [6.07, 6.45) is 3.05. The third-order valence-electron chi connectivity index (χ3n) is 4.82. The Morgan fingerprint density at radius 2 is 1.96 bits per heavy atom. The summed E-state index contributed by atoms with van der Waals surface area (Å²) in [5, 5.41) is 3.02. The number of piperidine rings is 1.